The van der Waals surface area contributed by atoms with Crippen molar-refractivity contribution in [3.63, 3.8) is 0 Å². The molecule has 0 aliphatic heterocycles. The first-order chi connectivity index (χ1) is 14.7. The first-order valence-electron chi connectivity index (χ1n) is 9.76. The lowest BCUT2D eigenvalue weighted by Gasteiger charge is -2.15. The molecule has 5 nitrogen and oxygen atoms in total. The minimum atomic E-state index is -0.103. The smallest absolute Gasteiger partial charge is 0.276 e. The molecule has 1 N–H and O–H groups in total. The molecule has 1 atom stereocenters. The van der Waals surface area contributed by atoms with Gasteiger partial charge in [-0.3, -0.25) is 14.2 Å². The van der Waals surface area contributed by atoms with Crippen molar-refractivity contribution >= 4 is 39.2 Å². The monoisotopic (exact) mass is 433 g/mol. The standard InChI is InChI=1S/C23H19N3O2S2/c27-20(24-18-11-10-15-6-4-5-9-17(15)18)14-30-23-25-19-12-13-29-21(19)22(28)26(23)16-7-2-1-3-8-16/h1-9,12-13,18H,10-11,14H2,(H,24,27). The predicted molar refractivity (Wildman–Crippen MR) is 122 cm³/mol. The van der Waals surface area contributed by atoms with Crippen molar-refractivity contribution in [2.45, 2.75) is 24.0 Å². The average Bonchev–Trinajstić information content (AvgIpc) is 3.40. The summed E-state index contributed by atoms with van der Waals surface area (Å²) in [5.41, 5.74) is 3.82. The van der Waals surface area contributed by atoms with Gasteiger partial charge >= 0.3 is 0 Å². The van der Waals surface area contributed by atoms with Crippen molar-refractivity contribution in [1.29, 1.82) is 0 Å². The molecule has 0 saturated heterocycles. The van der Waals surface area contributed by atoms with E-state index in [-0.39, 0.29) is 23.3 Å². The third-order valence-corrected chi connectivity index (χ3v) is 7.09. The van der Waals surface area contributed by atoms with E-state index in [4.69, 9.17) is 0 Å². The fraction of sp³-hybridized carbons (Fsp3) is 0.174. The zero-order valence-electron chi connectivity index (χ0n) is 16.1. The summed E-state index contributed by atoms with van der Waals surface area (Å²) in [6, 6.07) is 19.6. The quantitative estimate of drug-likeness (QED) is 0.376. The van der Waals surface area contributed by atoms with Gasteiger partial charge in [-0.05, 0) is 47.5 Å². The molecule has 1 unspecified atom stereocenters. The predicted octanol–water partition coefficient (Wildman–Crippen LogP) is 4.34. The summed E-state index contributed by atoms with van der Waals surface area (Å²) in [6.07, 6.45) is 1.90. The molecule has 2 heterocycles. The van der Waals surface area contributed by atoms with E-state index >= 15 is 0 Å². The van der Waals surface area contributed by atoms with E-state index in [1.165, 1.54) is 34.2 Å². The highest BCUT2D eigenvalue weighted by atomic mass is 32.2. The molecule has 30 heavy (non-hydrogen) atoms. The van der Waals surface area contributed by atoms with Crippen LogP contribution in [0.4, 0.5) is 0 Å². The van der Waals surface area contributed by atoms with Crippen LogP contribution in [0.3, 0.4) is 0 Å². The number of carbonyl (C=O) groups excluding carboxylic acids is 1. The average molecular weight is 434 g/mol. The summed E-state index contributed by atoms with van der Waals surface area (Å²) in [6.45, 7) is 0. The van der Waals surface area contributed by atoms with E-state index < -0.39 is 0 Å². The summed E-state index contributed by atoms with van der Waals surface area (Å²) in [7, 11) is 0. The number of hydrogen-bond acceptors (Lipinski definition) is 5. The minimum Gasteiger partial charge on any atom is -0.349 e. The third kappa shape index (κ3) is 3.55. The largest absolute Gasteiger partial charge is 0.349 e. The fourth-order valence-electron chi connectivity index (χ4n) is 3.87. The van der Waals surface area contributed by atoms with E-state index in [2.05, 4.69) is 22.4 Å². The van der Waals surface area contributed by atoms with Gasteiger partial charge in [0.15, 0.2) is 5.16 Å². The van der Waals surface area contributed by atoms with Crippen LogP contribution in [-0.2, 0) is 11.2 Å². The Bertz CT molecular complexity index is 1280. The summed E-state index contributed by atoms with van der Waals surface area (Å²) in [4.78, 5) is 30.4. The molecule has 0 radical (unpaired) electrons. The molecular formula is C23H19N3O2S2. The number of aromatic nitrogens is 2. The lowest BCUT2D eigenvalue weighted by Crippen LogP contribution is -2.29. The van der Waals surface area contributed by atoms with Crippen LogP contribution >= 0.6 is 23.1 Å². The van der Waals surface area contributed by atoms with E-state index in [9.17, 15) is 9.59 Å². The van der Waals surface area contributed by atoms with Crippen LogP contribution in [-0.4, -0.2) is 21.2 Å². The maximum absolute atomic E-state index is 13.1. The van der Waals surface area contributed by atoms with Crippen molar-refractivity contribution in [2.24, 2.45) is 0 Å². The molecule has 0 spiro atoms. The molecule has 1 amide bonds. The number of nitrogens with one attached hydrogen (secondary N) is 1. The van der Waals surface area contributed by atoms with E-state index in [0.717, 1.165) is 18.5 Å². The van der Waals surface area contributed by atoms with E-state index in [1.807, 2.05) is 53.9 Å². The number of para-hydroxylation sites is 1. The van der Waals surface area contributed by atoms with Crippen LogP contribution in [0.25, 0.3) is 15.9 Å². The van der Waals surface area contributed by atoms with Gasteiger partial charge in [0.05, 0.1) is 23.0 Å². The molecule has 7 heteroatoms. The van der Waals surface area contributed by atoms with Crippen LogP contribution < -0.4 is 10.9 Å². The van der Waals surface area contributed by atoms with Crippen molar-refractivity contribution in [3.8, 4) is 5.69 Å². The summed E-state index contributed by atoms with van der Waals surface area (Å²) >= 11 is 2.68. The van der Waals surface area contributed by atoms with Gasteiger partial charge in [-0.2, -0.15) is 0 Å². The second-order valence-corrected chi connectivity index (χ2v) is 9.01. The van der Waals surface area contributed by atoms with Gasteiger partial charge in [0.1, 0.15) is 4.70 Å². The van der Waals surface area contributed by atoms with Gasteiger partial charge in [0.25, 0.3) is 5.56 Å². The molecule has 2 aromatic carbocycles. The number of amides is 1. The summed E-state index contributed by atoms with van der Waals surface area (Å²) in [5, 5.41) is 5.53. The molecule has 2 aromatic heterocycles. The summed E-state index contributed by atoms with van der Waals surface area (Å²) < 4.78 is 2.22. The van der Waals surface area contributed by atoms with Gasteiger partial charge in [0, 0.05) is 0 Å². The molecule has 1 aliphatic rings. The van der Waals surface area contributed by atoms with Crippen LogP contribution in [0, 0.1) is 0 Å². The fourth-order valence-corrected chi connectivity index (χ4v) is 5.45. The zero-order valence-corrected chi connectivity index (χ0v) is 17.7. The number of aryl methyl sites for hydroxylation is 1. The van der Waals surface area contributed by atoms with Crippen molar-refractivity contribution in [1.82, 2.24) is 14.9 Å². The highest BCUT2D eigenvalue weighted by Gasteiger charge is 2.23. The van der Waals surface area contributed by atoms with Crippen LogP contribution in [0.2, 0.25) is 0 Å². The Morgan fingerprint density at radius 1 is 1.13 bits per heavy atom. The normalized spacial score (nSPS) is 15.3. The van der Waals surface area contributed by atoms with Crippen molar-refractivity contribution in [3.05, 3.63) is 87.5 Å². The highest BCUT2D eigenvalue weighted by molar-refractivity contribution is 7.99. The van der Waals surface area contributed by atoms with Gasteiger partial charge in [0.2, 0.25) is 5.91 Å². The Morgan fingerprint density at radius 2 is 1.93 bits per heavy atom. The highest BCUT2D eigenvalue weighted by Crippen LogP contribution is 2.31. The number of benzene rings is 2. The molecule has 150 valence electrons. The number of thiophene rings is 1. The Morgan fingerprint density at radius 3 is 2.80 bits per heavy atom. The van der Waals surface area contributed by atoms with E-state index in [0.29, 0.717) is 15.4 Å². The number of fused-ring (bicyclic) bond motifs is 2. The SMILES string of the molecule is O=C(CSc1nc2ccsc2c(=O)n1-c1ccccc1)NC1CCc2ccccc21. The first-order valence-corrected chi connectivity index (χ1v) is 11.6. The van der Waals surface area contributed by atoms with Crippen molar-refractivity contribution in [2.75, 3.05) is 5.75 Å². The number of hydrogen-bond donors (Lipinski definition) is 1. The Hall–Kier alpha value is -2.90. The Balaban J connectivity index is 1.39. The molecule has 0 saturated carbocycles. The molecule has 0 bridgehead atoms. The topological polar surface area (TPSA) is 64.0 Å². The number of rotatable bonds is 5. The maximum Gasteiger partial charge on any atom is 0.276 e. The zero-order chi connectivity index (χ0) is 20.5. The second kappa shape index (κ2) is 8.08. The minimum absolute atomic E-state index is 0.0536. The second-order valence-electron chi connectivity index (χ2n) is 7.15. The summed E-state index contributed by atoms with van der Waals surface area (Å²) in [5.74, 6) is 0.147. The molecule has 5 rings (SSSR count). The molecular weight excluding hydrogens is 414 g/mol. The maximum atomic E-state index is 13.1. The van der Waals surface area contributed by atoms with E-state index in [1.54, 1.807) is 4.57 Å². The molecule has 4 aromatic rings. The van der Waals surface area contributed by atoms with Gasteiger partial charge < -0.3 is 5.32 Å². The van der Waals surface area contributed by atoms with Crippen LogP contribution in [0.5, 0.6) is 0 Å². The molecule has 1 aliphatic carbocycles. The third-order valence-electron chi connectivity index (χ3n) is 5.26. The van der Waals surface area contributed by atoms with Crippen molar-refractivity contribution < 1.29 is 4.79 Å². The number of carbonyl (C=O) groups is 1. The van der Waals surface area contributed by atoms with Gasteiger partial charge in [-0.25, -0.2) is 4.98 Å². The lowest BCUT2D eigenvalue weighted by atomic mass is 10.1. The Labute approximate surface area is 181 Å². The molecule has 0 fully saturated rings. The van der Waals surface area contributed by atoms with Crippen LogP contribution in [0.15, 0.2) is 76.0 Å². The van der Waals surface area contributed by atoms with Gasteiger partial charge in [-0.1, -0.05) is 54.2 Å². The lowest BCUT2D eigenvalue weighted by molar-refractivity contribution is -0.119. The van der Waals surface area contributed by atoms with Crippen LogP contribution in [0.1, 0.15) is 23.6 Å². The first kappa shape index (κ1) is 19.1. The number of thioether (sulfide) groups is 1. The number of nitrogens with zero attached hydrogens (tertiary/aromatic N) is 2. The Kier molecular flexibility index (Phi) is 5.14. The van der Waals surface area contributed by atoms with Gasteiger partial charge in [-0.15, -0.1) is 11.3 Å².